The third-order valence-corrected chi connectivity index (χ3v) is 3.26. The van der Waals surface area contributed by atoms with Gasteiger partial charge in [0, 0.05) is 4.88 Å². The fourth-order valence-corrected chi connectivity index (χ4v) is 2.20. The van der Waals surface area contributed by atoms with E-state index in [-0.39, 0.29) is 5.69 Å². The zero-order valence-corrected chi connectivity index (χ0v) is 8.76. The van der Waals surface area contributed by atoms with Crippen molar-refractivity contribution in [2.75, 3.05) is 0 Å². The second-order valence-corrected chi connectivity index (χ2v) is 3.95. The zero-order chi connectivity index (χ0) is 10.1. The molecular weight excluding hydrogens is 200 g/mol. The Bertz CT molecular complexity index is 495. The van der Waals surface area contributed by atoms with Gasteiger partial charge in [0.05, 0.1) is 5.69 Å². The van der Waals surface area contributed by atoms with Crippen molar-refractivity contribution < 1.29 is 0 Å². The Morgan fingerprint density at radius 2 is 2.43 bits per heavy atom. The molecule has 0 saturated carbocycles. The molecule has 2 aromatic rings. The highest BCUT2D eigenvalue weighted by molar-refractivity contribution is 7.14. The molecule has 0 aromatic carbocycles. The van der Waals surface area contributed by atoms with E-state index in [9.17, 15) is 4.79 Å². The minimum Gasteiger partial charge on any atom is -0.246 e. The standard InChI is InChI=1S/C8H10N4OS/c1-3-6-5(2)10-8(14-6)12-4-9-11-7(12)13/h4H,3H2,1-2H3,(H,11,13). The highest BCUT2D eigenvalue weighted by atomic mass is 32.1. The average molecular weight is 210 g/mol. The molecule has 2 heterocycles. The summed E-state index contributed by atoms with van der Waals surface area (Å²) >= 11 is 1.52. The van der Waals surface area contributed by atoms with Crippen LogP contribution in [0.25, 0.3) is 5.13 Å². The van der Waals surface area contributed by atoms with Crippen molar-refractivity contribution in [1.82, 2.24) is 19.7 Å². The van der Waals surface area contributed by atoms with Crippen molar-refractivity contribution in [3.63, 3.8) is 0 Å². The van der Waals surface area contributed by atoms with Crippen LogP contribution in [-0.4, -0.2) is 19.7 Å². The first-order valence-electron chi connectivity index (χ1n) is 4.31. The summed E-state index contributed by atoms with van der Waals surface area (Å²) in [7, 11) is 0. The lowest BCUT2D eigenvalue weighted by atomic mass is 10.3. The SMILES string of the molecule is CCc1sc(-n2cn[nH]c2=O)nc1C. The van der Waals surface area contributed by atoms with Crippen LogP contribution in [0.2, 0.25) is 0 Å². The van der Waals surface area contributed by atoms with Gasteiger partial charge in [-0.25, -0.2) is 19.4 Å². The van der Waals surface area contributed by atoms with E-state index in [0.29, 0.717) is 5.13 Å². The van der Waals surface area contributed by atoms with Gasteiger partial charge in [0.1, 0.15) is 6.33 Å². The van der Waals surface area contributed by atoms with Crippen molar-refractivity contribution in [2.45, 2.75) is 20.3 Å². The molecule has 0 radical (unpaired) electrons. The number of aromatic nitrogens is 4. The fourth-order valence-electron chi connectivity index (χ4n) is 1.23. The normalized spacial score (nSPS) is 10.7. The van der Waals surface area contributed by atoms with Gasteiger partial charge in [0.2, 0.25) is 0 Å². The first kappa shape index (κ1) is 9.14. The van der Waals surface area contributed by atoms with Crippen LogP contribution in [0.5, 0.6) is 0 Å². The van der Waals surface area contributed by atoms with Crippen LogP contribution in [-0.2, 0) is 6.42 Å². The third-order valence-electron chi connectivity index (χ3n) is 1.96. The molecule has 0 spiro atoms. The largest absolute Gasteiger partial charge is 0.349 e. The van der Waals surface area contributed by atoms with Crippen molar-refractivity contribution in [1.29, 1.82) is 0 Å². The van der Waals surface area contributed by atoms with Gasteiger partial charge in [-0.3, -0.25) is 0 Å². The van der Waals surface area contributed by atoms with E-state index < -0.39 is 0 Å². The number of hydrogen-bond acceptors (Lipinski definition) is 4. The summed E-state index contributed by atoms with van der Waals surface area (Å²) < 4.78 is 1.41. The smallest absolute Gasteiger partial charge is 0.246 e. The Kier molecular flexibility index (Phi) is 2.20. The average Bonchev–Trinajstić information content (AvgIpc) is 2.71. The van der Waals surface area contributed by atoms with Crippen LogP contribution in [0.1, 0.15) is 17.5 Å². The highest BCUT2D eigenvalue weighted by Gasteiger charge is 2.09. The van der Waals surface area contributed by atoms with Crippen LogP contribution in [0, 0.1) is 6.92 Å². The van der Waals surface area contributed by atoms with E-state index in [4.69, 9.17) is 0 Å². The Labute approximate surface area is 84.4 Å². The van der Waals surface area contributed by atoms with E-state index in [1.165, 1.54) is 27.1 Å². The van der Waals surface area contributed by atoms with Crippen LogP contribution >= 0.6 is 11.3 Å². The van der Waals surface area contributed by atoms with E-state index in [0.717, 1.165) is 12.1 Å². The minimum absolute atomic E-state index is 0.249. The second kappa shape index (κ2) is 3.38. The summed E-state index contributed by atoms with van der Waals surface area (Å²) in [5.74, 6) is 0. The molecule has 0 unspecified atom stereocenters. The molecule has 5 nitrogen and oxygen atoms in total. The molecule has 0 atom stereocenters. The summed E-state index contributed by atoms with van der Waals surface area (Å²) in [4.78, 5) is 16.7. The van der Waals surface area contributed by atoms with Crippen molar-refractivity contribution in [3.05, 3.63) is 27.4 Å². The van der Waals surface area contributed by atoms with Gasteiger partial charge < -0.3 is 0 Å². The molecule has 0 aliphatic heterocycles. The van der Waals surface area contributed by atoms with Gasteiger partial charge in [0.25, 0.3) is 0 Å². The van der Waals surface area contributed by atoms with Gasteiger partial charge in [-0.2, -0.15) is 5.10 Å². The molecule has 0 saturated heterocycles. The maximum Gasteiger partial charge on any atom is 0.349 e. The molecule has 0 fully saturated rings. The number of thiazole rings is 1. The van der Waals surface area contributed by atoms with Crippen LogP contribution in [0.4, 0.5) is 0 Å². The lowest BCUT2D eigenvalue weighted by Crippen LogP contribution is -2.13. The van der Waals surface area contributed by atoms with E-state index in [1.54, 1.807) is 0 Å². The summed E-state index contributed by atoms with van der Waals surface area (Å²) in [6.45, 7) is 4.02. The van der Waals surface area contributed by atoms with Gasteiger partial charge in [-0.15, -0.1) is 11.3 Å². The Morgan fingerprint density at radius 1 is 1.64 bits per heavy atom. The predicted molar refractivity (Wildman–Crippen MR) is 54.0 cm³/mol. The Hall–Kier alpha value is -1.43. The number of aromatic amines is 1. The molecule has 0 aliphatic rings. The Balaban J connectivity index is 2.53. The van der Waals surface area contributed by atoms with E-state index >= 15 is 0 Å². The molecular formula is C8H10N4OS. The highest BCUT2D eigenvalue weighted by Crippen LogP contribution is 2.20. The van der Waals surface area contributed by atoms with E-state index in [1.807, 2.05) is 6.92 Å². The maximum atomic E-state index is 11.2. The van der Waals surface area contributed by atoms with Crippen molar-refractivity contribution >= 4 is 11.3 Å². The summed E-state index contributed by atoms with van der Waals surface area (Å²) in [5, 5.41) is 6.67. The first-order valence-corrected chi connectivity index (χ1v) is 5.12. The molecule has 2 aromatic heterocycles. The molecule has 6 heteroatoms. The summed E-state index contributed by atoms with van der Waals surface area (Å²) in [6.07, 6.45) is 2.39. The van der Waals surface area contributed by atoms with Gasteiger partial charge in [-0.05, 0) is 13.3 Å². The second-order valence-electron chi connectivity index (χ2n) is 2.89. The lowest BCUT2D eigenvalue weighted by Gasteiger charge is -1.89. The van der Waals surface area contributed by atoms with Crippen LogP contribution in [0.15, 0.2) is 11.1 Å². The third kappa shape index (κ3) is 1.37. The topological polar surface area (TPSA) is 63.6 Å². The lowest BCUT2D eigenvalue weighted by molar-refractivity contribution is 0.957. The molecule has 0 amide bonds. The van der Waals surface area contributed by atoms with Crippen LogP contribution in [0.3, 0.4) is 0 Å². The first-order chi connectivity index (χ1) is 6.72. The van der Waals surface area contributed by atoms with Gasteiger partial charge in [-0.1, -0.05) is 6.92 Å². The fraction of sp³-hybridized carbons (Fsp3) is 0.375. The Morgan fingerprint density at radius 3 is 2.93 bits per heavy atom. The molecule has 0 aliphatic carbocycles. The van der Waals surface area contributed by atoms with Crippen LogP contribution < -0.4 is 5.69 Å². The number of H-pyrrole nitrogens is 1. The number of aryl methyl sites for hydroxylation is 2. The number of hydrogen-bond donors (Lipinski definition) is 1. The van der Waals surface area contributed by atoms with E-state index in [2.05, 4.69) is 22.1 Å². The van der Waals surface area contributed by atoms with Gasteiger partial charge >= 0.3 is 5.69 Å². The molecule has 0 bridgehead atoms. The number of nitrogens with zero attached hydrogens (tertiary/aromatic N) is 3. The van der Waals surface area contributed by atoms with Gasteiger partial charge in [0.15, 0.2) is 5.13 Å². The summed E-state index contributed by atoms with van der Waals surface area (Å²) in [6, 6.07) is 0. The molecule has 14 heavy (non-hydrogen) atoms. The predicted octanol–water partition coefficient (Wildman–Crippen LogP) is 0.888. The molecule has 2 rings (SSSR count). The molecule has 74 valence electrons. The summed E-state index contributed by atoms with van der Waals surface area (Å²) in [5.41, 5.74) is 0.738. The number of nitrogens with one attached hydrogen (secondary N) is 1. The monoisotopic (exact) mass is 210 g/mol. The maximum absolute atomic E-state index is 11.2. The molecule has 1 N–H and O–H groups in total. The zero-order valence-electron chi connectivity index (χ0n) is 7.94. The number of rotatable bonds is 2. The quantitative estimate of drug-likeness (QED) is 0.800. The minimum atomic E-state index is -0.249. The van der Waals surface area contributed by atoms with Crippen molar-refractivity contribution in [2.24, 2.45) is 0 Å². The van der Waals surface area contributed by atoms with Crippen molar-refractivity contribution in [3.8, 4) is 5.13 Å².